The summed E-state index contributed by atoms with van der Waals surface area (Å²) in [6.45, 7) is 0. The van der Waals surface area contributed by atoms with Gasteiger partial charge in [0.2, 0.25) is 0 Å². The summed E-state index contributed by atoms with van der Waals surface area (Å²) in [6.07, 6.45) is 0. The van der Waals surface area contributed by atoms with Gasteiger partial charge in [-0.25, -0.2) is 0 Å². The Kier molecular flexibility index (Phi) is 1440. The van der Waals surface area contributed by atoms with Crippen LogP contribution in [0.25, 0.3) is 0 Å². The SMILES string of the molecule is C.N.[SiH4].[V]. The smallest absolute Gasteiger partial charge is 0 e. The first kappa shape index (κ1) is 116. The second-order valence-corrected chi connectivity index (χ2v) is 0. The second kappa shape index (κ2) is 49.5. The van der Waals surface area contributed by atoms with Gasteiger partial charge in [-0.2, -0.15) is 0 Å². The minimum atomic E-state index is 0. The Bertz CT molecular complexity index is 8.00. The van der Waals surface area contributed by atoms with E-state index in [1.807, 2.05) is 0 Å². The van der Waals surface area contributed by atoms with Crippen molar-refractivity contribution < 1.29 is 18.6 Å². The van der Waals surface area contributed by atoms with Crippen molar-refractivity contribution in [3.05, 3.63) is 0 Å². The van der Waals surface area contributed by atoms with Crippen LogP contribution in [0, 0.1) is 0 Å². The second-order valence-electron chi connectivity index (χ2n) is 0. The molecular weight excluding hydrogens is 105 g/mol. The molecule has 0 rings (SSSR count). The van der Waals surface area contributed by atoms with Crippen molar-refractivity contribution in [1.82, 2.24) is 6.15 Å². The third-order valence-electron chi connectivity index (χ3n) is 0. The maximum Gasteiger partial charge on any atom is 0 e. The van der Waals surface area contributed by atoms with E-state index >= 15 is 0 Å². The molecule has 1 nitrogen and oxygen atoms in total. The van der Waals surface area contributed by atoms with Crippen molar-refractivity contribution in [2.75, 3.05) is 0 Å². The average Bonchev–Trinajstić information content (AvgIpc) is 0. The molecule has 0 amide bonds. The Balaban J connectivity index is 0. The van der Waals surface area contributed by atoms with E-state index < -0.39 is 0 Å². The van der Waals surface area contributed by atoms with Crippen molar-refractivity contribution in [3.63, 3.8) is 0 Å². The monoisotopic (exact) mass is 116 g/mol. The van der Waals surface area contributed by atoms with Crippen LogP contribution in [0.1, 0.15) is 7.43 Å². The first-order valence-electron chi connectivity index (χ1n) is 0. The summed E-state index contributed by atoms with van der Waals surface area (Å²) in [6, 6.07) is 0. The molecule has 0 unspecified atom stereocenters. The van der Waals surface area contributed by atoms with Gasteiger partial charge in [0.1, 0.15) is 0 Å². The molecule has 0 aromatic heterocycles. The summed E-state index contributed by atoms with van der Waals surface area (Å²) in [4.78, 5) is 0. The van der Waals surface area contributed by atoms with Gasteiger partial charge in [-0.3, -0.25) is 0 Å². The molecule has 29 valence electrons. The fourth-order valence-electron chi connectivity index (χ4n) is 0. The topological polar surface area (TPSA) is 35.0 Å². The molecule has 0 aliphatic carbocycles. The van der Waals surface area contributed by atoms with Crippen molar-refractivity contribution in [1.29, 1.82) is 0 Å². The van der Waals surface area contributed by atoms with Gasteiger partial charge in [0.15, 0.2) is 0 Å². The Morgan fingerprint density at radius 2 is 1.00 bits per heavy atom. The van der Waals surface area contributed by atoms with Gasteiger partial charge in [-0.15, -0.1) is 0 Å². The normalized spacial score (nSPS) is 0. The summed E-state index contributed by atoms with van der Waals surface area (Å²) in [7, 11) is 0. The fraction of sp³-hybridized carbons (Fsp3) is 1.00. The molecular formula is CH11NSiV. The van der Waals surface area contributed by atoms with Crippen LogP contribution in [0.2, 0.25) is 0 Å². The molecule has 4 heavy (non-hydrogen) atoms. The summed E-state index contributed by atoms with van der Waals surface area (Å²) < 4.78 is 0. The summed E-state index contributed by atoms with van der Waals surface area (Å²) in [5, 5.41) is 0. The molecule has 3 N–H and O–H groups in total. The maximum atomic E-state index is 0. The number of hydrogen-bond acceptors (Lipinski definition) is 1. The molecule has 0 aromatic rings. The molecule has 0 saturated carbocycles. The van der Waals surface area contributed by atoms with E-state index in [-0.39, 0.29) is 43.1 Å². The van der Waals surface area contributed by atoms with Crippen molar-refractivity contribution in [2.45, 2.75) is 7.43 Å². The van der Waals surface area contributed by atoms with E-state index in [1.165, 1.54) is 0 Å². The Hall–Kier alpha value is 0.761. The van der Waals surface area contributed by atoms with Gasteiger partial charge in [0.05, 0.1) is 0 Å². The fourth-order valence-corrected chi connectivity index (χ4v) is 0. The largest absolute Gasteiger partial charge is 0.344 e. The summed E-state index contributed by atoms with van der Waals surface area (Å²) in [5.74, 6) is 0. The Morgan fingerprint density at radius 1 is 1.00 bits per heavy atom. The standard InChI is InChI=1S/CH4.H3N.H4Si.V/h1H4;1H3;1H4;. The first-order chi connectivity index (χ1) is 0. The third kappa shape index (κ3) is 14.8. The Morgan fingerprint density at radius 3 is 1.00 bits per heavy atom. The quantitative estimate of drug-likeness (QED) is 0.419. The van der Waals surface area contributed by atoms with Crippen LogP contribution in [-0.4, -0.2) is 11.0 Å². The first-order valence-corrected chi connectivity index (χ1v) is 0. The summed E-state index contributed by atoms with van der Waals surface area (Å²) in [5.41, 5.74) is 0. The van der Waals surface area contributed by atoms with Crippen molar-refractivity contribution >= 4 is 11.0 Å². The van der Waals surface area contributed by atoms with Crippen LogP contribution in [0.5, 0.6) is 0 Å². The van der Waals surface area contributed by atoms with Crippen LogP contribution >= 0.6 is 0 Å². The van der Waals surface area contributed by atoms with E-state index in [0.29, 0.717) is 0 Å². The zero-order chi connectivity index (χ0) is 0. The van der Waals surface area contributed by atoms with Gasteiger partial charge in [-0.05, 0) is 11.0 Å². The van der Waals surface area contributed by atoms with Crippen molar-refractivity contribution in [3.8, 4) is 0 Å². The molecule has 0 spiro atoms. The van der Waals surface area contributed by atoms with E-state index in [9.17, 15) is 0 Å². The average molecular weight is 116 g/mol. The minimum absolute atomic E-state index is 0. The van der Waals surface area contributed by atoms with Gasteiger partial charge in [-0.1, -0.05) is 7.43 Å². The molecule has 3 heteroatoms. The molecule has 1 radical (unpaired) electrons. The molecule has 0 bridgehead atoms. The number of rotatable bonds is 0. The van der Waals surface area contributed by atoms with Crippen LogP contribution in [0.15, 0.2) is 0 Å². The van der Waals surface area contributed by atoms with Crippen LogP contribution in [0.4, 0.5) is 0 Å². The van der Waals surface area contributed by atoms with Crippen LogP contribution < -0.4 is 6.15 Å². The summed E-state index contributed by atoms with van der Waals surface area (Å²) >= 11 is 0. The zero-order valence-electron chi connectivity index (χ0n) is 1.15. The van der Waals surface area contributed by atoms with Gasteiger partial charge >= 0.3 is 0 Å². The van der Waals surface area contributed by atoms with Crippen molar-refractivity contribution in [2.24, 2.45) is 0 Å². The molecule has 0 heterocycles. The molecule has 0 fully saturated rings. The molecule has 0 aromatic carbocycles. The third-order valence-corrected chi connectivity index (χ3v) is 0. The molecule has 0 aliphatic rings. The van der Waals surface area contributed by atoms with Crippen LogP contribution in [-0.2, 0) is 18.6 Å². The zero-order valence-corrected chi connectivity index (χ0v) is 2.55. The van der Waals surface area contributed by atoms with Gasteiger partial charge < -0.3 is 6.15 Å². The Labute approximate surface area is 43.7 Å². The predicted octanol–water partition coefficient (Wildman–Crippen LogP) is -0.656. The minimum Gasteiger partial charge on any atom is -0.344 e. The van der Waals surface area contributed by atoms with Gasteiger partial charge in [0, 0.05) is 18.6 Å². The van der Waals surface area contributed by atoms with E-state index in [0.717, 1.165) is 0 Å². The molecule has 0 atom stereocenters. The molecule has 0 saturated heterocycles. The van der Waals surface area contributed by atoms with Crippen LogP contribution in [0.3, 0.4) is 0 Å². The van der Waals surface area contributed by atoms with Gasteiger partial charge in [0.25, 0.3) is 0 Å². The van der Waals surface area contributed by atoms with E-state index in [2.05, 4.69) is 0 Å². The maximum absolute atomic E-state index is 0. The molecule has 0 aliphatic heterocycles. The predicted molar refractivity (Wildman–Crippen MR) is 23.1 cm³/mol. The van der Waals surface area contributed by atoms with E-state index in [1.54, 1.807) is 0 Å². The van der Waals surface area contributed by atoms with E-state index in [4.69, 9.17) is 0 Å². The number of hydrogen-bond donors (Lipinski definition) is 1.